The highest BCUT2D eigenvalue weighted by Gasteiger charge is 2.28. The molecular weight excluding hydrogens is 412 g/mol. The maximum Gasteiger partial charge on any atom is 0.331 e. The summed E-state index contributed by atoms with van der Waals surface area (Å²) in [5, 5.41) is 10.4. The van der Waals surface area contributed by atoms with Crippen LogP contribution in [-0.2, 0) is 14.3 Å². The monoisotopic (exact) mass is 456 g/mol. The number of hydrogen-bond donors (Lipinski definition) is 1. The molecule has 0 unspecified atom stereocenters. The number of ketones is 1. The number of cyclic esters (lactones) is 1. The molecule has 0 aromatic rings. The van der Waals surface area contributed by atoms with Crippen LogP contribution in [0.2, 0.25) is 0 Å². The molecule has 0 bridgehead atoms. The maximum atomic E-state index is 12.7. The van der Waals surface area contributed by atoms with Crippen molar-refractivity contribution >= 4 is 11.8 Å². The van der Waals surface area contributed by atoms with E-state index in [2.05, 4.69) is 38.2 Å². The average Bonchev–Trinajstić information content (AvgIpc) is 2.79. The zero-order valence-electron chi connectivity index (χ0n) is 21.6. The molecule has 0 aliphatic carbocycles. The van der Waals surface area contributed by atoms with E-state index in [4.69, 9.17) is 4.74 Å². The van der Waals surface area contributed by atoms with Gasteiger partial charge in [-0.1, -0.05) is 95.6 Å². The lowest BCUT2D eigenvalue weighted by Gasteiger charge is -2.24. The fraction of sp³-hybridized carbons (Fsp3) is 0.586. The van der Waals surface area contributed by atoms with Crippen LogP contribution in [0.3, 0.4) is 0 Å². The van der Waals surface area contributed by atoms with E-state index in [1.165, 1.54) is 11.6 Å². The van der Waals surface area contributed by atoms with Gasteiger partial charge in [-0.2, -0.15) is 0 Å². The van der Waals surface area contributed by atoms with E-state index in [1.54, 1.807) is 0 Å². The van der Waals surface area contributed by atoms with E-state index >= 15 is 0 Å². The normalized spacial score (nSPS) is 22.3. The Morgan fingerprint density at radius 3 is 2.48 bits per heavy atom. The Kier molecular flexibility index (Phi) is 13.0. The molecule has 1 rings (SSSR count). The zero-order chi connectivity index (χ0) is 25.0. The van der Waals surface area contributed by atoms with E-state index < -0.39 is 6.10 Å². The topological polar surface area (TPSA) is 63.6 Å². The number of ether oxygens (including phenoxy) is 1. The van der Waals surface area contributed by atoms with Crippen molar-refractivity contribution in [1.29, 1.82) is 0 Å². The Hall–Kier alpha value is -2.20. The molecule has 4 nitrogen and oxygen atoms in total. The Morgan fingerprint density at radius 1 is 1.18 bits per heavy atom. The summed E-state index contributed by atoms with van der Waals surface area (Å²) in [5.41, 5.74) is 2.28. The molecule has 0 spiro atoms. The lowest BCUT2D eigenvalue weighted by Crippen LogP contribution is -2.33. The Labute approximate surface area is 201 Å². The van der Waals surface area contributed by atoms with E-state index in [-0.39, 0.29) is 35.6 Å². The van der Waals surface area contributed by atoms with Crippen molar-refractivity contribution in [2.24, 2.45) is 23.7 Å². The second-order valence-corrected chi connectivity index (χ2v) is 9.45. The van der Waals surface area contributed by atoms with Crippen molar-refractivity contribution in [2.75, 3.05) is 0 Å². The lowest BCUT2D eigenvalue weighted by molar-refractivity contribution is -0.141. The van der Waals surface area contributed by atoms with Gasteiger partial charge in [-0.15, -0.1) is 0 Å². The van der Waals surface area contributed by atoms with Crippen molar-refractivity contribution < 1.29 is 19.4 Å². The molecule has 1 aliphatic heterocycles. The Bertz CT molecular complexity index is 783. The first kappa shape index (κ1) is 28.8. The van der Waals surface area contributed by atoms with Gasteiger partial charge in [0.2, 0.25) is 0 Å². The van der Waals surface area contributed by atoms with Gasteiger partial charge in [-0.25, -0.2) is 4.79 Å². The average molecular weight is 457 g/mol. The highest BCUT2D eigenvalue weighted by Crippen LogP contribution is 2.21. The minimum Gasteiger partial charge on any atom is -0.455 e. The maximum absolute atomic E-state index is 12.7. The van der Waals surface area contributed by atoms with Gasteiger partial charge in [0, 0.05) is 24.3 Å². The molecule has 1 aliphatic rings. The predicted octanol–water partition coefficient (Wildman–Crippen LogP) is 6.53. The van der Waals surface area contributed by atoms with Gasteiger partial charge in [0.25, 0.3) is 0 Å². The number of aliphatic hydroxyl groups is 1. The van der Waals surface area contributed by atoms with Gasteiger partial charge in [0.05, 0.1) is 6.10 Å². The van der Waals surface area contributed by atoms with E-state index in [1.807, 2.05) is 52.8 Å². The number of aliphatic hydroxyl groups excluding tert-OH is 1. The molecule has 0 saturated heterocycles. The van der Waals surface area contributed by atoms with Gasteiger partial charge in [0.15, 0.2) is 0 Å². The summed E-state index contributed by atoms with van der Waals surface area (Å²) in [6, 6.07) is 0. The van der Waals surface area contributed by atoms with Crippen molar-refractivity contribution in [3.8, 4) is 0 Å². The number of hydrogen-bond acceptors (Lipinski definition) is 4. The standard InChI is InChI=1S/C29H44O4/c1-8-22(5)28(31)24(7)29(32)23(6)18-20(3)12-10-13-21(4)19-25(9-2)16-17-26-14-11-15-27(30)33-26/h10-12,15-19,21-24,26,28,31H,8-9,13-14H2,1-7H3/b12-10+,17-16+,20-18+,25-19-/t21-,22+,23-,24+,26+,28-/m1/s1. The molecule has 33 heavy (non-hydrogen) atoms. The molecule has 1 heterocycles. The molecule has 0 saturated carbocycles. The molecule has 184 valence electrons. The fourth-order valence-corrected chi connectivity index (χ4v) is 3.93. The number of carbonyl (C=O) groups is 2. The minimum atomic E-state index is -0.592. The van der Waals surface area contributed by atoms with Gasteiger partial charge < -0.3 is 9.84 Å². The molecule has 0 fully saturated rings. The smallest absolute Gasteiger partial charge is 0.331 e. The third-order valence-electron chi connectivity index (χ3n) is 6.36. The molecule has 6 atom stereocenters. The first-order valence-electron chi connectivity index (χ1n) is 12.4. The largest absolute Gasteiger partial charge is 0.455 e. The summed E-state index contributed by atoms with van der Waals surface area (Å²) in [6.07, 6.45) is 18.4. The summed E-state index contributed by atoms with van der Waals surface area (Å²) in [7, 11) is 0. The van der Waals surface area contributed by atoms with Gasteiger partial charge >= 0.3 is 5.97 Å². The highest BCUT2D eigenvalue weighted by molar-refractivity contribution is 5.85. The van der Waals surface area contributed by atoms with Gasteiger partial charge in [-0.05, 0) is 37.7 Å². The SMILES string of the molecule is CCC(=C/[C@H](C)C/C=C/C(C)=C/[C@@H](C)C(=O)[C@@H](C)[C@H](O)[C@@H](C)CC)/C=C/[C@@H]1CC=CC(=O)O1. The molecule has 0 aromatic heterocycles. The van der Waals surface area contributed by atoms with Crippen molar-refractivity contribution in [3.63, 3.8) is 0 Å². The summed E-state index contributed by atoms with van der Waals surface area (Å²) in [5.74, 6) is -0.286. The second-order valence-electron chi connectivity index (χ2n) is 9.45. The van der Waals surface area contributed by atoms with Crippen molar-refractivity contribution in [3.05, 3.63) is 59.8 Å². The Morgan fingerprint density at radius 2 is 1.88 bits per heavy atom. The molecule has 0 aromatic carbocycles. The van der Waals surface area contributed by atoms with Crippen LogP contribution in [0.1, 0.15) is 74.1 Å². The van der Waals surface area contributed by atoms with Crippen LogP contribution in [0.4, 0.5) is 0 Å². The number of Topliss-reactive ketones (excluding diaryl/α,β-unsaturated/α-hetero) is 1. The first-order chi connectivity index (χ1) is 15.6. The summed E-state index contributed by atoms with van der Waals surface area (Å²) >= 11 is 0. The van der Waals surface area contributed by atoms with E-state index in [0.29, 0.717) is 5.92 Å². The van der Waals surface area contributed by atoms with Crippen LogP contribution in [0, 0.1) is 23.7 Å². The second kappa shape index (κ2) is 14.8. The first-order valence-corrected chi connectivity index (χ1v) is 12.4. The van der Waals surface area contributed by atoms with Crippen LogP contribution >= 0.6 is 0 Å². The van der Waals surface area contributed by atoms with Crippen molar-refractivity contribution in [2.45, 2.75) is 86.4 Å². The Balaban J connectivity index is 2.63. The molecule has 4 heteroatoms. The molecule has 0 radical (unpaired) electrons. The minimum absolute atomic E-state index is 0.0883. The van der Waals surface area contributed by atoms with Crippen LogP contribution in [-0.4, -0.2) is 29.1 Å². The summed E-state index contributed by atoms with van der Waals surface area (Å²) < 4.78 is 5.28. The molecule has 0 amide bonds. The number of carbonyl (C=O) groups excluding carboxylic acids is 2. The predicted molar refractivity (Wildman–Crippen MR) is 137 cm³/mol. The number of esters is 1. The summed E-state index contributed by atoms with van der Waals surface area (Å²) in [6.45, 7) is 14.1. The van der Waals surface area contributed by atoms with Gasteiger partial charge in [0.1, 0.15) is 11.9 Å². The molecular formula is C29H44O4. The third-order valence-corrected chi connectivity index (χ3v) is 6.36. The zero-order valence-corrected chi connectivity index (χ0v) is 21.6. The quantitative estimate of drug-likeness (QED) is 0.253. The highest BCUT2D eigenvalue weighted by atomic mass is 16.5. The van der Waals surface area contributed by atoms with Crippen molar-refractivity contribution in [1.82, 2.24) is 0 Å². The summed E-state index contributed by atoms with van der Waals surface area (Å²) in [4.78, 5) is 24.0. The van der Waals surface area contributed by atoms with E-state index in [0.717, 1.165) is 31.3 Å². The van der Waals surface area contributed by atoms with Crippen LogP contribution in [0.5, 0.6) is 0 Å². The number of allylic oxidation sites excluding steroid dienone is 7. The lowest BCUT2D eigenvalue weighted by atomic mass is 9.84. The fourth-order valence-electron chi connectivity index (χ4n) is 3.93. The molecule has 1 N–H and O–H groups in total. The third kappa shape index (κ3) is 10.5. The van der Waals surface area contributed by atoms with Crippen LogP contribution < -0.4 is 0 Å². The van der Waals surface area contributed by atoms with Crippen LogP contribution in [0.15, 0.2) is 59.8 Å². The number of rotatable bonds is 13. The van der Waals surface area contributed by atoms with Gasteiger partial charge in [-0.3, -0.25) is 4.79 Å². The van der Waals surface area contributed by atoms with E-state index in [9.17, 15) is 14.7 Å². The van der Waals surface area contributed by atoms with Crippen LogP contribution in [0.25, 0.3) is 0 Å².